The lowest BCUT2D eigenvalue weighted by Gasteiger charge is -2.20. The number of rotatable bonds is 4. The Morgan fingerprint density at radius 2 is 2.24 bits per heavy atom. The van der Waals surface area contributed by atoms with E-state index in [1.54, 1.807) is 19.2 Å². The molecular formula is C13H17Cl2N3O3. The van der Waals surface area contributed by atoms with E-state index in [1.807, 2.05) is 6.92 Å². The molecule has 1 aromatic rings. The van der Waals surface area contributed by atoms with Gasteiger partial charge in [0.05, 0.1) is 16.4 Å². The van der Waals surface area contributed by atoms with Crippen LogP contribution in [-0.2, 0) is 9.59 Å². The molecule has 0 radical (unpaired) electrons. The van der Waals surface area contributed by atoms with Crippen LogP contribution in [0.4, 0.5) is 11.4 Å². The summed E-state index contributed by atoms with van der Waals surface area (Å²) in [5.41, 5.74) is 0.974. The number of carbonyl (C=O) groups is 2. The fourth-order valence-electron chi connectivity index (χ4n) is 1.85. The number of fused-ring (bicyclic) bond motifs is 1. The lowest BCUT2D eigenvalue weighted by Crippen LogP contribution is -2.29. The Balaban J connectivity index is 0.00000220. The van der Waals surface area contributed by atoms with E-state index in [0.29, 0.717) is 28.7 Å². The molecule has 0 saturated carbocycles. The monoisotopic (exact) mass is 333 g/mol. The van der Waals surface area contributed by atoms with Gasteiger partial charge in [0.1, 0.15) is 5.75 Å². The minimum Gasteiger partial charge on any atom is -0.482 e. The summed E-state index contributed by atoms with van der Waals surface area (Å²) in [6.45, 7) is 2.34. The first-order valence-corrected chi connectivity index (χ1v) is 6.60. The largest absolute Gasteiger partial charge is 0.482 e. The van der Waals surface area contributed by atoms with E-state index < -0.39 is 0 Å². The van der Waals surface area contributed by atoms with Gasteiger partial charge in [-0.15, -0.1) is 12.4 Å². The molecule has 0 spiro atoms. The van der Waals surface area contributed by atoms with Crippen molar-refractivity contribution < 1.29 is 14.3 Å². The van der Waals surface area contributed by atoms with E-state index in [1.165, 1.54) is 0 Å². The van der Waals surface area contributed by atoms with Crippen molar-refractivity contribution in [3.8, 4) is 5.75 Å². The smallest absolute Gasteiger partial charge is 0.262 e. The van der Waals surface area contributed by atoms with E-state index in [-0.39, 0.29) is 36.7 Å². The molecule has 8 heteroatoms. The molecule has 1 aliphatic rings. The zero-order valence-electron chi connectivity index (χ0n) is 11.7. The van der Waals surface area contributed by atoms with Crippen LogP contribution in [0.2, 0.25) is 5.02 Å². The zero-order chi connectivity index (χ0) is 14.7. The number of anilines is 2. The van der Waals surface area contributed by atoms with E-state index in [2.05, 4.69) is 16.0 Å². The van der Waals surface area contributed by atoms with Gasteiger partial charge in [-0.25, -0.2) is 0 Å². The highest BCUT2D eigenvalue weighted by Crippen LogP contribution is 2.36. The Morgan fingerprint density at radius 1 is 1.52 bits per heavy atom. The van der Waals surface area contributed by atoms with Gasteiger partial charge in [-0.3, -0.25) is 9.59 Å². The van der Waals surface area contributed by atoms with Gasteiger partial charge < -0.3 is 20.7 Å². The highest BCUT2D eigenvalue weighted by molar-refractivity contribution is 6.34. The molecule has 3 N–H and O–H groups in total. The second-order valence-corrected chi connectivity index (χ2v) is 5.02. The molecule has 21 heavy (non-hydrogen) atoms. The van der Waals surface area contributed by atoms with Crippen molar-refractivity contribution in [1.82, 2.24) is 5.32 Å². The summed E-state index contributed by atoms with van der Waals surface area (Å²) in [6.07, 6.45) is 0. The summed E-state index contributed by atoms with van der Waals surface area (Å²) in [5.74, 6) is -0.0627. The van der Waals surface area contributed by atoms with Gasteiger partial charge in [0.25, 0.3) is 5.91 Å². The molecule has 1 aliphatic heterocycles. The van der Waals surface area contributed by atoms with Crippen molar-refractivity contribution in [3.05, 3.63) is 17.2 Å². The Bertz CT molecular complexity index is 552. The summed E-state index contributed by atoms with van der Waals surface area (Å²) in [7, 11) is 1.78. The normalized spacial score (nSPS) is 14.1. The third-order valence-corrected chi connectivity index (χ3v) is 3.23. The van der Waals surface area contributed by atoms with Gasteiger partial charge in [-0.05, 0) is 13.1 Å². The standard InChI is InChI=1S/C13H16ClN3O3.ClH/c1-7(5-15-2)13(19)17-9-4-11-10(3-8(9)14)16-12(18)6-20-11;/h3-4,7,15H,5-6H2,1-2H3,(H,16,18)(H,17,19);1H. The zero-order valence-corrected chi connectivity index (χ0v) is 13.2. The van der Waals surface area contributed by atoms with Crippen molar-refractivity contribution >= 4 is 47.2 Å². The summed E-state index contributed by atoms with van der Waals surface area (Å²) < 4.78 is 5.29. The number of carbonyl (C=O) groups excluding carboxylic acids is 2. The van der Waals surface area contributed by atoms with Crippen LogP contribution in [0, 0.1) is 5.92 Å². The van der Waals surface area contributed by atoms with Gasteiger partial charge in [-0.2, -0.15) is 0 Å². The average Bonchev–Trinajstić information content (AvgIpc) is 2.40. The van der Waals surface area contributed by atoms with Crippen LogP contribution in [-0.4, -0.2) is 32.0 Å². The first-order chi connectivity index (χ1) is 9.51. The van der Waals surface area contributed by atoms with Gasteiger partial charge in [0, 0.05) is 18.5 Å². The van der Waals surface area contributed by atoms with Crippen molar-refractivity contribution in [3.63, 3.8) is 0 Å². The molecule has 1 unspecified atom stereocenters. The minimum atomic E-state index is -0.229. The Hall–Kier alpha value is -1.50. The minimum absolute atomic E-state index is 0. The van der Waals surface area contributed by atoms with Crippen LogP contribution in [0.1, 0.15) is 6.92 Å². The average molecular weight is 334 g/mol. The molecule has 0 aromatic heterocycles. The highest BCUT2D eigenvalue weighted by Gasteiger charge is 2.20. The van der Waals surface area contributed by atoms with Crippen molar-refractivity contribution in [2.45, 2.75) is 6.92 Å². The maximum atomic E-state index is 12.0. The Kier molecular flexibility index (Phi) is 6.26. The molecule has 0 bridgehead atoms. The molecule has 116 valence electrons. The predicted molar refractivity (Wildman–Crippen MR) is 84.5 cm³/mol. The second kappa shape index (κ2) is 7.49. The SMILES string of the molecule is CNCC(C)C(=O)Nc1cc2c(cc1Cl)NC(=O)CO2.Cl. The van der Waals surface area contributed by atoms with E-state index in [0.717, 1.165) is 0 Å². The van der Waals surface area contributed by atoms with Crippen molar-refractivity contribution in [2.75, 3.05) is 30.8 Å². The molecule has 0 fully saturated rings. The van der Waals surface area contributed by atoms with Crippen LogP contribution in [0.15, 0.2) is 12.1 Å². The van der Waals surface area contributed by atoms with E-state index in [9.17, 15) is 9.59 Å². The number of amides is 2. The van der Waals surface area contributed by atoms with Crippen LogP contribution < -0.4 is 20.7 Å². The summed E-state index contributed by atoms with van der Waals surface area (Å²) in [6, 6.07) is 3.17. The molecular weight excluding hydrogens is 317 g/mol. The highest BCUT2D eigenvalue weighted by atomic mass is 35.5. The maximum absolute atomic E-state index is 12.0. The number of halogens is 2. The predicted octanol–water partition coefficient (Wildman–Crippen LogP) is 1.89. The van der Waals surface area contributed by atoms with E-state index in [4.69, 9.17) is 16.3 Å². The molecule has 0 saturated heterocycles. The lowest BCUT2D eigenvalue weighted by atomic mass is 10.1. The van der Waals surface area contributed by atoms with Crippen LogP contribution >= 0.6 is 24.0 Å². The Morgan fingerprint density at radius 3 is 2.90 bits per heavy atom. The van der Waals surface area contributed by atoms with E-state index >= 15 is 0 Å². The summed E-state index contributed by atoms with van der Waals surface area (Å²) in [4.78, 5) is 23.2. The van der Waals surface area contributed by atoms with Crippen molar-refractivity contribution in [1.29, 1.82) is 0 Å². The lowest BCUT2D eigenvalue weighted by molar-refractivity contribution is -0.119. The van der Waals surface area contributed by atoms with Gasteiger partial charge in [-0.1, -0.05) is 18.5 Å². The first kappa shape index (κ1) is 17.6. The number of benzene rings is 1. The Labute approximate surface area is 134 Å². The molecule has 0 aliphatic carbocycles. The molecule has 1 aromatic carbocycles. The van der Waals surface area contributed by atoms with Gasteiger partial charge in [0.15, 0.2) is 6.61 Å². The van der Waals surface area contributed by atoms with Gasteiger partial charge >= 0.3 is 0 Å². The molecule has 2 amide bonds. The van der Waals surface area contributed by atoms with Gasteiger partial charge in [0.2, 0.25) is 5.91 Å². The summed E-state index contributed by atoms with van der Waals surface area (Å²) in [5, 5.41) is 8.69. The number of hydrogen-bond acceptors (Lipinski definition) is 4. The third-order valence-electron chi connectivity index (χ3n) is 2.92. The van der Waals surface area contributed by atoms with Crippen LogP contribution in [0.3, 0.4) is 0 Å². The quantitative estimate of drug-likeness (QED) is 0.786. The topological polar surface area (TPSA) is 79.5 Å². The fraction of sp³-hybridized carbons (Fsp3) is 0.385. The number of nitrogens with one attached hydrogen (secondary N) is 3. The maximum Gasteiger partial charge on any atom is 0.262 e. The first-order valence-electron chi connectivity index (χ1n) is 6.23. The molecule has 1 heterocycles. The number of ether oxygens (including phenoxy) is 1. The fourth-order valence-corrected chi connectivity index (χ4v) is 2.06. The second-order valence-electron chi connectivity index (χ2n) is 4.61. The molecule has 1 atom stereocenters. The van der Waals surface area contributed by atoms with Crippen LogP contribution in [0.25, 0.3) is 0 Å². The van der Waals surface area contributed by atoms with Crippen molar-refractivity contribution in [2.24, 2.45) is 5.92 Å². The number of hydrogen-bond donors (Lipinski definition) is 3. The summed E-state index contributed by atoms with van der Waals surface area (Å²) >= 11 is 6.10. The molecule has 6 nitrogen and oxygen atoms in total. The third kappa shape index (κ3) is 4.23. The van der Waals surface area contributed by atoms with Crippen LogP contribution in [0.5, 0.6) is 5.75 Å². The molecule has 2 rings (SSSR count).